The average molecular weight is 501 g/mol. The first kappa shape index (κ1) is 23.2. The van der Waals surface area contributed by atoms with E-state index in [1.165, 1.54) is 6.08 Å². The van der Waals surface area contributed by atoms with E-state index in [0.717, 1.165) is 9.37 Å². The number of barbiturate groups is 1. The number of hydrogen-bond acceptors (Lipinski definition) is 6. The summed E-state index contributed by atoms with van der Waals surface area (Å²) < 4.78 is 11.2. The molecular weight excluding hydrogens is 480 g/mol. The molecule has 0 aliphatic carbocycles. The lowest BCUT2D eigenvalue weighted by atomic mass is 10.1. The minimum Gasteiger partial charge on any atom is -0.482 e. The number of ether oxygens (including phenoxy) is 2. The average Bonchev–Trinajstić information content (AvgIpc) is 2.71. The van der Waals surface area contributed by atoms with Gasteiger partial charge in [-0.1, -0.05) is 28.1 Å². The Balaban J connectivity index is 1.79. The maximum absolute atomic E-state index is 13.0. The van der Waals surface area contributed by atoms with E-state index in [4.69, 9.17) is 9.47 Å². The molecule has 1 aliphatic rings. The van der Waals surface area contributed by atoms with Gasteiger partial charge in [-0.05, 0) is 68.3 Å². The second kappa shape index (κ2) is 9.78. The van der Waals surface area contributed by atoms with Crippen molar-refractivity contribution in [3.05, 3.63) is 63.6 Å². The number of aryl methyl sites for hydroxylation is 1. The van der Waals surface area contributed by atoms with E-state index in [1.54, 1.807) is 63.2 Å². The predicted molar refractivity (Wildman–Crippen MR) is 121 cm³/mol. The monoisotopic (exact) mass is 500 g/mol. The van der Waals surface area contributed by atoms with Crippen LogP contribution in [-0.2, 0) is 19.1 Å². The van der Waals surface area contributed by atoms with Gasteiger partial charge in [0.05, 0.1) is 11.8 Å². The molecule has 166 valence electrons. The van der Waals surface area contributed by atoms with E-state index in [1.807, 2.05) is 0 Å². The van der Waals surface area contributed by atoms with Gasteiger partial charge in [0, 0.05) is 4.47 Å². The quantitative estimate of drug-likeness (QED) is 0.368. The lowest BCUT2D eigenvalue weighted by Gasteiger charge is -2.27. The van der Waals surface area contributed by atoms with E-state index >= 15 is 0 Å². The number of anilines is 1. The summed E-state index contributed by atoms with van der Waals surface area (Å²) in [6, 6.07) is 10.7. The van der Waals surface area contributed by atoms with Crippen LogP contribution in [0.5, 0.6) is 5.75 Å². The maximum atomic E-state index is 13.0. The van der Waals surface area contributed by atoms with Gasteiger partial charge in [-0.25, -0.2) is 14.5 Å². The molecule has 3 rings (SSSR count). The van der Waals surface area contributed by atoms with Crippen molar-refractivity contribution in [2.24, 2.45) is 0 Å². The third-order valence-electron chi connectivity index (χ3n) is 4.42. The Kier molecular flexibility index (Phi) is 7.09. The van der Waals surface area contributed by atoms with Crippen LogP contribution >= 0.6 is 15.9 Å². The summed E-state index contributed by atoms with van der Waals surface area (Å²) in [6.07, 6.45) is 1.16. The zero-order chi connectivity index (χ0) is 23.4. The molecule has 1 saturated heterocycles. The van der Waals surface area contributed by atoms with Gasteiger partial charge < -0.3 is 9.47 Å². The Bertz CT molecular complexity index is 1110. The van der Waals surface area contributed by atoms with Crippen LogP contribution in [0.1, 0.15) is 25.0 Å². The van der Waals surface area contributed by atoms with Gasteiger partial charge in [-0.2, -0.15) is 0 Å². The largest absolute Gasteiger partial charge is 0.482 e. The molecule has 0 spiro atoms. The van der Waals surface area contributed by atoms with Crippen LogP contribution in [0, 0.1) is 6.92 Å². The summed E-state index contributed by atoms with van der Waals surface area (Å²) >= 11 is 3.35. The summed E-state index contributed by atoms with van der Waals surface area (Å²) in [6.45, 7) is 5.02. The molecule has 4 amide bonds. The number of hydrogen-bond donors (Lipinski definition) is 1. The molecule has 2 aromatic carbocycles. The summed E-state index contributed by atoms with van der Waals surface area (Å²) in [5.74, 6) is -1.55. The van der Waals surface area contributed by atoms with Crippen LogP contribution in [0.3, 0.4) is 0 Å². The van der Waals surface area contributed by atoms with Crippen molar-refractivity contribution in [2.75, 3.05) is 11.5 Å². The Labute approximate surface area is 193 Å². The third-order valence-corrected chi connectivity index (χ3v) is 4.91. The van der Waals surface area contributed by atoms with E-state index in [-0.39, 0.29) is 18.3 Å². The number of carbonyl (C=O) groups is 4. The fourth-order valence-electron chi connectivity index (χ4n) is 3.01. The number of benzene rings is 2. The zero-order valence-electron chi connectivity index (χ0n) is 17.7. The van der Waals surface area contributed by atoms with Gasteiger partial charge >= 0.3 is 12.0 Å². The first-order valence-corrected chi connectivity index (χ1v) is 10.5. The Morgan fingerprint density at radius 3 is 2.44 bits per heavy atom. The second-order valence-electron chi connectivity index (χ2n) is 7.28. The molecule has 1 aliphatic heterocycles. The molecule has 0 aromatic heterocycles. The predicted octanol–water partition coefficient (Wildman–Crippen LogP) is 3.75. The lowest BCUT2D eigenvalue weighted by molar-refractivity contribution is -0.149. The summed E-state index contributed by atoms with van der Waals surface area (Å²) in [5, 5.41) is 2.20. The molecule has 0 atom stereocenters. The molecule has 2 aromatic rings. The van der Waals surface area contributed by atoms with E-state index in [0.29, 0.717) is 22.6 Å². The number of nitrogens with one attached hydrogen (secondary N) is 1. The number of nitrogens with zero attached hydrogens (tertiary/aromatic N) is 1. The fourth-order valence-corrected chi connectivity index (χ4v) is 3.49. The standard InChI is InChI=1S/C23H21BrN2O6/c1-13(2)32-20(27)12-31-17-7-4-15(5-8-17)11-18-21(28)25-23(30)26(22(18)29)19-9-6-16(24)10-14(19)3/h4-11,13H,12H2,1-3H3,(H,25,28,30)/b18-11+. The van der Waals surface area contributed by atoms with Gasteiger partial charge in [0.2, 0.25) is 0 Å². The molecule has 32 heavy (non-hydrogen) atoms. The lowest BCUT2D eigenvalue weighted by Crippen LogP contribution is -2.54. The third kappa shape index (κ3) is 5.42. The van der Waals surface area contributed by atoms with Crippen molar-refractivity contribution in [1.29, 1.82) is 0 Å². The number of amides is 4. The molecule has 8 nitrogen and oxygen atoms in total. The van der Waals surface area contributed by atoms with Crippen molar-refractivity contribution < 1.29 is 28.7 Å². The maximum Gasteiger partial charge on any atom is 0.344 e. The van der Waals surface area contributed by atoms with E-state index < -0.39 is 23.8 Å². The molecule has 0 saturated carbocycles. The van der Waals surface area contributed by atoms with Crippen molar-refractivity contribution in [3.63, 3.8) is 0 Å². The van der Waals surface area contributed by atoms with Crippen LogP contribution in [0.15, 0.2) is 52.5 Å². The van der Waals surface area contributed by atoms with Crippen LogP contribution in [0.25, 0.3) is 6.08 Å². The van der Waals surface area contributed by atoms with Crippen LogP contribution in [-0.4, -0.2) is 36.5 Å². The summed E-state index contributed by atoms with van der Waals surface area (Å²) in [4.78, 5) is 50.2. The number of urea groups is 1. The smallest absolute Gasteiger partial charge is 0.344 e. The first-order chi connectivity index (χ1) is 15.2. The highest BCUT2D eigenvalue weighted by atomic mass is 79.9. The van der Waals surface area contributed by atoms with E-state index in [2.05, 4.69) is 21.2 Å². The van der Waals surface area contributed by atoms with Crippen LogP contribution in [0.4, 0.5) is 10.5 Å². The molecular formula is C23H21BrN2O6. The highest BCUT2D eigenvalue weighted by Crippen LogP contribution is 2.27. The highest BCUT2D eigenvalue weighted by Gasteiger charge is 2.37. The summed E-state index contributed by atoms with van der Waals surface area (Å²) in [7, 11) is 0. The molecule has 0 bridgehead atoms. The number of halogens is 1. The SMILES string of the molecule is Cc1cc(Br)ccc1N1C(=O)NC(=O)/C(=C\c2ccc(OCC(=O)OC(C)C)cc2)C1=O. The topological polar surface area (TPSA) is 102 Å². The molecule has 1 fully saturated rings. The van der Waals surface area contributed by atoms with Crippen LogP contribution in [0.2, 0.25) is 0 Å². The van der Waals surface area contributed by atoms with Crippen molar-refractivity contribution in [3.8, 4) is 5.75 Å². The Hall–Kier alpha value is -3.46. The normalized spacial score (nSPS) is 15.2. The van der Waals surface area contributed by atoms with Crippen LogP contribution < -0.4 is 15.0 Å². The minimum atomic E-state index is -0.806. The number of esters is 1. The van der Waals surface area contributed by atoms with Gasteiger partial charge in [0.1, 0.15) is 11.3 Å². The van der Waals surface area contributed by atoms with E-state index in [9.17, 15) is 19.2 Å². The highest BCUT2D eigenvalue weighted by molar-refractivity contribution is 9.10. The summed E-state index contributed by atoms with van der Waals surface area (Å²) in [5.41, 5.74) is 1.43. The minimum absolute atomic E-state index is 0.180. The molecule has 0 unspecified atom stereocenters. The van der Waals surface area contributed by atoms with Crippen molar-refractivity contribution >= 4 is 51.5 Å². The zero-order valence-corrected chi connectivity index (χ0v) is 19.3. The Morgan fingerprint density at radius 1 is 1.12 bits per heavy atom. The fraction of sp³-hybridized carbons (Fsp3) is 0.217. The number of carbonyl (C=O) groups excluding carboxylic acids is 4. The number of imide groups is 2. The first-order valence-electron chi connectivity index (χ1n) is 9.75. The second-order valence-corrected chi connectivity index (χ2v) is 8.20. The van der Waals surface area contributed by atoms with Crippen molar-refractivity contribution in [1.82, 2.24) is 5.32 Å². The van der Waals surface area contributed by atoms with Gasteiger partial charge in [-0.15, -0.1) is 0 Å². The van der Waals surface area contributed by atoms with Gasteiger partial charge in [0.25, 0.3) is 11.8 Å². The molecule has 0 radical (unpaired) electrons. The molecule has 1 heterocycles. The molecule has 9 heteroatoms. The van der Waals surface area contributed by atoms with Gasteiger partial charge in [0.15, 0.2) is 6.61 Å². The Morgan fingerprint density at radius 2 is 1.81 bits per heavy atom. The van der Waals surface area contributed by atoms with Gasteiger partial charge in [-0.3, -0.25) is 14.9 Å². The molecule has 1 N–H and O–H groups in total. The number of rotatable bonds is 6. The van der Waals surface area contributed by atoms with Crippen molar-refractivity contribution in [2.45, 2.75) is 26.9 Å².